The lowest BCUT2D eigenvalue weighted by Gasteiger charge is -2.09. The molecule has 0 saturated heterocycles. The monoisotopic (exact) mass is 369 g/mol. The first-order valence-corrected chi connectivity index (χ1v) is 9.35. The van der Waals surface area contributed by atoms with Gasteiger partial charge in [0.15, 0.2) is 0 Å². The van der Waals surface area contributed by atoms with Crippen molar-refractivity contribution in [1.29, 1.82) is 0 Å². The molecule has 0 aliphatic heterocycles. The number of benzene rings is 1. The molecule has 0 fully saturated rings. The van der Waals surface area contributed by atoms with Crippen LogP contribution in [-0.2, 0) is 20.2 Å². The fraction of sp³-hybridized carbons (Fsp3) is 0.300. The summed E-state index contributed by atoms with van der Waals surface area (Å²) in [6.45, 7) is 7.04. The number of hydrogen-bond donors (Lipinski definition) is 1. The van der Waals surface area contributed by atoms with Gasteiger partial charge in [-0.1, -0.05) is 12.1 Å². The summed E-state index contributed by atoms with van der Waals surface area (Å²) < 4.78 is 7.71. The topological polar surface area (TPSA) is 56.1 Å². The molecule has 5 nitrogen and oxygen atoms in total. The Hall–Kier alpha value is -2.60. The van der Waals surface area contributed by atoms with Gasteiger partial charge in [-0.15, -0.1) is 11.3 Å². The molecule has 2 heterocycles. The van der Waals surface area contributed by atoms with Crippen LogP contribution in [0.1, 0.15) is 37.6 Å². The van der Waals surface area contributed by atoms with Gasteiger partial charge in [-0.3, -0.25) is 9.48 Å². The third-order valence-electron chi connectivity index (χ3n) is 4.60. The van der Waals surface area contributed by atoms with E-state index in [1.54, 1.807) is 10.9 Å². The van der Waals surface area contributed by atoms with Gasteiger partial charge in [0.1, 0.15) is 12.4 Å². The van der Waals surface area contributed by atoms with Crippen molar-refractivity contribution < 1.29 is 9.53 Å². The van der Waals surface area contributed by atoms with Gasteiger partial charge in [-0.25, -0.2) is 0 Å². The zero-order chi connectivity index (χ0) is 18.7. The highest BCUT2D eigenvalue weighted by molar-refractivity contribution is 7.12. The molecule has 0 unspecified atom stereocenters. The molecule has 0 atom stereocenters. The van der Waals surface area contributed by atoms with Crippen LogP contribution in [0.5, 0.6) is 5.75 Å². The first-order chi connectivity index (χ1) is 12.5. The van der Waals surface area contributed by atoms with Crippen molar-refractivity contribution in [2.45, 2.75) is 33.9 Å². The van der Waals surface area contributed by atoms with Crippen molar-refractivity contribution in [2.75, 3.05) is 0 Å². The Morgan fingerprint density at radius 1 is 1.31 bits per heavy atom. The van der Waals surface area contributed by atoms with Gasteiger partial charge in [0, 0.05) is 30.4 Å². The summed E-state index contributed by atoms with van der Waals surface area (Å²) in [4.78, 5) is 13.0. The number of aryl methyl sites for hydroxylation is 2. The summed E-state index contributed by atoms with van der Waals surface area (Å²) in [5.41, 5.74) is 5.43. The Balaban J connectivity index is 1.57. The second-order valence-electron chi connectivity index (χ2n) is 6.37. The van der Waals surface area contributed by atoms with E-state index in [-0.39, 0.29) is 5.91 Å². The van der Waals surface area contributed by atoms with Gasteiger partial charge in [0.2, 0.25) is 0 Å². The van der Waals surface area contributed by atoms with Gasteiger partial charge in [-0.05, 0) is 49.4 Å². The number of nitrogens with one attached hydrogen (secondary N) is 1. The Labute approximate surface area is 157 Å². The lowest BCUT2D eigenvalue weighted by atomic mass is 10.1. The largest absolute Gasteiger partial charge is 0.489 e. The average molecular weight is 369 g/mol. The molecule has 6 heteroatoms. The second kappa shape index (κ2) is 7.74. The molecule has 0 bridgehead atoms. The zero-order valence-corrected chi connectivity index (χ0v) is 16.3. The zero-order valence-electron chi connectivity index (χ0n) is 15.5. The van der Waals surface area contributed by atoms with Crippen LogP contribution in [0.3, 0.4) is 0 Å². The van der Waals surface area contributed by atoms with Crippen molar-refractivity contribution in [3.05, 3.63) is 68.7 Å². The van der Waals surface area contributed by atoms with E-state index in [0.29, 0.717) is 18.0 Å². The van der Waals surface area contributed by atoms with Crippen LogP contribution in [0, 0.1) is 20.8 Å². The number of thiophene rings is 1. The maximum Gasteiger partial charge on any atom is 0.261 e. The van der Waals surface area contributed by atoms with E-state index in [4.69, 9.17) is 4.74 Å². The van der Waals surface area contributed by atoms with E-state index >= 15 is 0 Å². The molecular weight excluding hydrogens is 346 g/mol. The normalized spacial score (nSPS) is 10.8. The van der Waals surface area contributed by atoms with Gasteiger partial charge < -0.3 is 10.1 Å². The molecule has 136 valence electrons. The first kappa shape index (κ1) is 18.2. The van der Waals surface area contributed by atoms with Crippen molar-refractivity contribution in [3.8, 4) is 5.75 Å². The predicted octanol–water partition coefficient (Wildman–Crippen LogP) is 3.92. The van der Waals surface area contributed by atoms with E-state index in [1.807, 2.05) is 37.6 Å². The molecule has 1 amide bonds. The number of nitrogens with zero attached hydrogens (tertiary/aromatic N) is 2. The lowest BCUT2D eigenvalue weighted by molar-refractivity contribution is 0.0955. The quantitative estimate of drug-likeness (QED) is 0.717. The van der Waals surface area contributed by atoms with Gasteiger partial charge in [0.25, 0.3) is 5.91 Å². The van der Waals surface area contributed by atoms with Crippen LogP contribution in [0.4, 0.5) is 0 Å². The third-order valence-corrected chi connectivity index (χ3v) is 5.58. The molecule has 1 N–H and O–H groups in total. The number of hydrogen-bond acceptors (Lipinski definition) is 4. The summed E-state index contributed by atoms with van der Waals surface area (Å²) in [6, 6.07) is 7.92. The maximum atomic E-state index is 12.4. The molecule has 0 spiro atoms. The number of amides is 1. The summed E-state index contributed by atoms with van der Waals surface area (Å²) in [5, 5.41) is 9.11. The minimum Gasteiger partial charge on any atom is -0.489 e. The highest BCUT2D eigenvalue weighted by Gasteiger charge is 2.11. The Bertz CT molecular complexity index is 927. The Kier molecular flexibility index (Phi) is 5.42. The number of carbonyl (C=O) groups excluding carboxylic acids is 1. The van der Waals surface area contributed by atoms with Gasteiger partial charge in [-0.2, -0.15) is 5.10 Å². The van der Waals surface area contributed by atoms with E-state index < -0.39 is 0 Å². The van der Waals surface area contributed by atoms with Crippen molar-refractivity contribution in [3.63, 3.8) is 0 Å². The predicted molar refractivity (Wildman–Crippen MR) is 104 cm³/mol. The lowest BCUT2D eigenvalue weighted by Crippen LogP contribution is -2.22. The Morgan fingerprint density at radius 3 is 2.85 bits per heavy atom. The smallest absolute Gasteiger partial charge is 0.261 e. The fourth-order valence-corrected chi connectivity index (χ4v) is 3.41. The summed E-state index contributed by atoms with van der Waals surface area (Å²) >= 11 is 1.43. The molecule has 0 aliphatic rings. The average Bonchev–Trinajstić information content (AvgIpc) is 3.22. The molecule has 26 heavy (non-hydrogen) atoms. The van der Waals surface area contributed by atoms with Crippen molar-refractivity contribution in [1.82, 2.24) is 15.1 Å². The second-order valence-corrected chi connectivity index (χ2v) is 7.28. The van der Waals surface area contributed by atoms with Crippen LogP contribution in [0.25, 0.3) is 0 Å². The molecule has 3 aromatic rings. The number of aromatic nitrogens is 2. The number of carbonyl (C=O) groups is 1. The van der Waals surface area contributed by atoms with Crippen LogP contribution in [0.2, 0.25) is 0 Å². The number of ether oxygens (including phenoxy) is 1. The van der Waals surface area contributed by atoms with E-state index in [9.17, 15) is 4.79 Å². The van der Waals surface area contributed by atoms with E-state index in [2.05, 4.69) is 30.3 Å². The number of rotatable bonds is 6. The third kappa shape index (κ3) is 3.96. The molecular formula is C20H23N3O2S. The SMILES string of the molecule is Cc1cccc(OCc2csc(C(=O)NCc3cnn(C)c3C)c2)c1C. The highest BCUT2D eigenvalue weighted by atomic mass is 32.1. The summed E-state index contributed by atoms with van der Waals surface area (Å²) in [7, 11) is 1.89. The van der Waals surface area contributed by atoms with E-state index in [1.165, 1.54) is 16.9 Å². The minimum atomic E-state index is -0.0729. The highest BCUT2D eigenvalue weighted by Crippen LogP contribution is 2.23. The van der Waals surface area contributed by atoms with Crippen molar-refractivity contribution >= 4 is 17.2 Å². The molecule has 1 aromatic carbocycles. The molecule has 0 aliphatic carbocycles. The van der Waals surface area contributed by atoms with Gasteiger partial charge >= 0.3 is 0 Å². The first-order valence-electron chi connectivity index (χ1n) is 8.48. The van der Waals surface area contributed by atoms with E-state index in [0.717, 1.165) is 28.1 Å². The molecule has 0 radical (unpaired) electrons. The molecule has 3 rings (SSSR count). The van der Waals surface area contributed by atoms with Crippen LogP contribution in [-0.4, -0.2) is 15.7 Å². The summed E-state index contributed by atoms with van der Waals surface area (Å²) in [5.74, 6) is 0.811. The van der Waals surface area contributed by atoms with Gasteiger partial charge in [0.05, 0.1) is 11.1 Å². The van der Waals surface area contributed by atoms with Crippen molar-refractivity contribution in [2.24, 2.45) is 7.05 Å². The Morgan fingerprint density at radius 2 is 2.12 bits per heavy atom. The molecule has 0 saturated carbocycles. The van der Waals surface area contributed by atoms with Crippen LogP contribution < -0.4 is 10.1 Å². The van der Waals surface area contributed by atoms with Crippen LogP contribution in [0.15, 0.2) is 35.8 Å². The minimum absolute atomic E-state index is 0.0729. The summed E-state index contributed by atoms with van der Waals surface area (Å²) in [6.07, 6.45) is 1.79. The molecule has 2 aromatic heterocycles. The maximum absolute atomic E-state index is 12.4. The standard InChI is InChI=1S/C20H23N3O2S/c1-13-6-5-7-18(14(13)2)25-11-16-8-19(26-12-16)20(24)21-9-17-10-22-23(4)15(17)3/h5-8,10,12H,9,11H2,1-4H3,(H,21,24). The fourth-order valence-electron chi connectivity index (χ4n) is 2.59. The van der Waals surface area contributed by atoms with Crippen LogP contribution >= 0.6 is 11.3 Å².